The number of carbonyl (C=O) groups is 2. The fraction of sp³-hybridized carbons (Fsp3) is 0.333. The van der Waals surface area contributed by atoms with Gasteiger partial charge in [-0.3, -0.25) is 14.9 Å². The summed E-state index contributed by atoms with van der Waals surface area (Å²) in [5.41, 5.74) is 3.06. The molecule has 2 fully saturated rings. The van der Waals surface area contributed by atoms with E-state index in [2.05, 4.69) is 15.2 Å². The Morgan fingerprint density at radius 1 is 1.17 bits per heavy atom. The van der Waals surface area contributed by atoms with Gasteiger partial charge >= 0.3 is 0 Å². The standard InChI is InChI=1S/C18H19N3O2S/c22-17-16(24-18(23)20-17)14(7-11-21-9-1-2-10-21)12-4-3-5-15-13(12)6-8-19-15/h3-6,8,19H,1-2,7,9-11H2,(H,20,22,23)/b16-14+. The third-order valence-corrected chi connectivity index (χ3v) is 5.61. The van der Waals surface area contributed by atoms with Gasteiger partial charge in [-0.15, -0.1) is 0 Å². The van der Waals surface area contributed by atoms with Crippen LogP contribution in [0.1, 0.15) is 24.8 Å². The summed E-state index contributed by atoms with van der Waals surface area (Å²) in [7, 11) is 0. The van der Waals surface area contributed by atoms with Crippen LogP contribution in [0.15, 0.2) is 35.4 Å². The highest BCUT2D eigenvalue weighted by molar-refractivity contribution is 8.18. The van der Waals surface area contributed by atoms with E-state index in [-0.39, 0.29) is 11.1 Å². The van der Waals surface area contributed by atoms with Gasteiger partial charge in [-0.05, 0) is 67.4 Å². The summed E-state index contributed by atoms with van der Waals surface area (Å²) in [4.78, 5) is 30.1. The molecular formula is C18H19N3O2S. The molecule has 1 aromatic carbocycles. The molecule has 2 amide bonds. The maximum Gasteiger partial charge on any atom is 0.290 e. The lowest BCUT2D eigenvalue weighted by atomic mass is 9.98. The Balaban J connectivity index is 1.75. The van der Waals surface area contributed by atoms with E-state index < -0.39 is 0 Å². The predicted molar refractivity (Wildman–Crippen MR) is 96.6 cm³/mol. The van der Waals surface area contributed by atoms with E-state index in [1.807, 2.05) is 30.5 Å². The number of H-pyrrole nitrogens is 1. The van der Waals surface area contributed by atoms with Crippen LogP contribution in [0.25, 0.3) is 16.5 Å². The Bertz CT molecular complexity index is 834. The quantitative estimate of drug-likeness (QED) is 0.837. The number of nitrogens with zero attached hydrogens (tertiary/aromatic N) is 1. The average molecular weight is 341 g/mol. The molecule has 2 saturated heterocycles. The van der Waals surface area contributed by atoms with Crippen molar-refractivity contribution in [3.05, 3.63) is 40.9 Å². The van der Waals surface area contributed by atoms with E-state index in [1.54, 1.807) is 0 Å². The summed E-state index contributed by atoms with van der Waals surface area (Å²) < 4.78 is 0. The fourth-order valence-corrected chi connectivity index (χ4v) is 4.32. The zero-order valence-corrected chi connectivity index (χ0v) is 14.1. The van der Waals surface area contributed by atoms with Crippen LogP contribution in [0, 0.1) is 0 Å². The van der Waals surface area contributed by atoms with Gasteiger partial charge in [-0.2, -0.15) is 0 Å². The smallest absolute Gasteiger partial charge is 0.290 e. The van der Waals surface area contributed by atoms with Crippen molar-refractivity contribution in [3.63, 3.8) is 0 Å². The molecule has 2 N–H and O–H groups in total. The third-order valence-electron chi connectivity index (χ3n) is 4.69. The van der Waals surface area contributed by atoms with Gasteiger partial charge in [0.05, 0.1) is 4.91 Å². The van der Waals surface area contributed by atoms with E-state index in [4.69, 9.17) is 0 Å². The van der Waals surface area contributed by atoms with E-state index in [0.717, 1.165) is 59.9 Å². The number of fused-ring (bicyclic) bond motifs is 1. The van der Waals surface area contributed by atoms with Crippen LogP contribution in [-0.2, 0) is 4.79 Å². The number of thioether (sulfide) groups is 1. The maximum absolute atomic E-state index is 12.2. The van der Waals surface area contributed by atoms with E-state index >= 15 is 0 Å². The number of amides is 2. The second-order valence-electron chi connectivity index (χ2n) is 6.19. The Kier molecular flexibility index (Phi) is 4.16. The number of hydrogen-bond donors (Lipinski definition) is 2. The number of likely N-dealkylation sites (tertiary alicyclic amines) is 1. The number of benzene rings is 1. The van der Waals surface area contributed by atoms with Gasteiger partial charge in [0.15, 0.2) is 0 Å². The third kappa shape index (κ3) is 2.87. The molecule has 1 aromatic heterocycles. The van der Waals surface area contributed by atoms with Gasteiger partial charge in [0.1, 0.15) is 0 Å². The van der Waals surface area contributed by atoms with Crippen LogP contribution < -0.4 is 5.32 Å². The first-order chi connectivity index (χ1) is 11.7. The predicted octanol–water partition coefficient (Wildman–Crippen LogP) is 3.35. The number of hydrogen-bond acceptors (Lipinski definition) is 4. The lowest BCUT2D eigenvalue weighted by molar-refractivity contribution is -0.115. The highest BCUT2D eigenvalue weighted by Crippen LogP contribution is 2.36. The normalized spacial score (nSPS) is 20.8. The zero-order valence-electron chi connectivity index (χ0n) is 13.3. The van der Waals surface area contributed by atoms with Crippen molar-refractivity contribution in [2.24, 2.45) is 0 Å². The molecule has 0 bridgehead atoms. The number of rotatable bonds is 4. The van der Waals surface area contributed by atoms with Crippen LogP contribution >= 0.6 is 11.8 Å². The van der Waals surface area contributed by atoms with Crippen molar-refractivity contribution >= 4 is 39.4 Å². The molecule has 0 spiro atoms. The average Bonchev–Trinajstić information content (AvgIpc) is 3.29. The van der Waals surface area contributed by atoms with Crippen molar-refractivity contribution in [3.8, 4) is 0 Å². The molecule has 5 nitrogen and oxygen atoms in total. The molecule has 0 saturated carbocycles. The number of nitrogens with one attached hydrogen (secondary N) is 2. The zero-order chi connectivity index (χ0) is 16.5. The first-order valence-electron chi connectivity index (χ1n) is 8.27. The SMILES string of the molecule is O=C1NC(=O)/C(=C(/CCN2CCCC2)c2cccc3[nH]ccc23)S1. The topological polar surface area (TPSA) is 65.2 Å². The minimum absolute atomic E-state index is 0.269. The lowest BCUT2D eigenvalue weighted by Crippen LogP contribution is -2.22. The second-order valence-corrected chi connectivity index (χ2v) is 7.18. The van der Waals surface area contributed by atoms with Crippen molar-refractivity contribution in [2.45, 2.75) is 19.3 Å². The van der Waals surface area contributed by atoms with E-state index in [1.165, 1.54) is 12.8 Å². The van der Waals surface area contributed by atoms with Gasteiger partial charge in [0.25, 0.3) is 11.1 Å². The fourth-order valence-electron chi connectivity index (χ4n) is 3.51. The molecule has 0 radical (unpaired) electrons. The summed E-state index contributed by atoms with van der Waals surface area (Å²) in [6.07, 6.45) is 5.16. The summed E-state index contributed by atoms with van der Waals surface area (Å²) in [6.45, 7) is 3.16. The molecule has 2 aliphatic heterocycles. The van der Waals surface area contributed by atoms with Gasteiger partial charge in [-0.1, -0.05) is 12.1 Å². The molecule has 2 aliphatic rings. The van der Waals surface area contributed by atoms with Gasteiger partial charge < -0.3 is 9.88 Å². The first-order valence-corrected chi connectivity index (χ1v) is 9.09. The monoisotopic (exact) mass is 341 g/mol. The lowest BCUT2D eigenvalue weighted by Gasteiger charge is -2.17. The molecule has 0 aliphatic carbocycles. The number of aromatic nitrogens is 1. The van der Waals surface area contributed by atoms with Gasteiger partial charge in [0.2, 0.25) is 0 Å². The highest BCUT2D eigenvalue weighted by atomic mass is 32.2. The van der Waals surface area contributed by atoms with Crippen LogP contribution in [0.4, 0.5) is 4.79 Å². The highest BCUT2D eigenvalue weighted by Gasteiger charge is 2.29. The molecule has 0 atom stereocenters. The van der Waals surface area contributed by atoms with Gasteiger partial charge in [-0.25, -0.2) is 0 Å². The van der Waals surface area contributed by atoms with Crippen molar-refractivity contribution in [1.29, 1.82) is 0 Å². The van der Waals surface area contributed by atoms with E-state index in [0.29, 0.717) is 4.91 Å². The second kappa shape index (κ2) is 6.45. The number of imide groups is 1. The molecule has 24 heavy (non-hydrogen) atoms. The molecule has 4 rings (SSSR count). The summed E-state index contributed by atoms with van der Waals surface area (Å²) in [6, 6.07) is 8.08. The Hall–Kier alpha value is -2.05. The molecule has 3 heterocycles. The molecule has 0 unspecified atom stereocenters. The van der Waals surface area contributed by atoms with E-state index in [9.17, 15) is 9.59 Å². The Morgan fingerprint density at radius 2 is 2.00 bits per heavy atom. The van der Waals surface area contributed by atoms with Crippen molar-refractivity contribution in [2.75, 3.05) is 19.6 Å². The van der Waals surface area contributed by atoms with Crippen LogP contribution in [0.2, 0.25) is 0 Å². The first kappa shape index (κ1) is 15.5. The maximum atomic E-state index is 12.2. The summed E-state index contributed by atoms with van der Waals surface area (Å²) in [5, 5.41) is 3.20. The summed E-state index contributed by atoms with van der Waals surface area (Å²) >= 11 is 1.02. The van der Waals surface area contributed by atoms with Crippen molar-refractivity contribution in [1.82, 2.24) is 15.2 Å². The Labute approximate surface area is 144 Å². The minimum Gasteiger partial charge on any atom is -0.361 e. The van der Waals surface area contributed by atoms with Crippen LogP contribution in [0.3, 0.4) is 0 Å². The van der Waals surface area contributed by atoms with Crippen molar-refractivity contribution < 1.29 is 9.59 Å². The van der Waals surface area contributed by atoms with Gasteiger partial charge in [0, 0.05) is 23.6 Å². The minimum atomic E-state index is -0.282. The molecule has 124 valence electrons. The van der Waals surface area contributed by atoms with Crippen LogP contribution in [-0.4, -0.2) is 40.7 Å². The molecule has 6 heteroatoms. The van der Waals surface area contributed by atoms with Crippen LogP contribution in [0.5, 0.6) is 0 Å². The number of carbonyl (C=O) groups excluding carboxylic acids is 2. The number of aromatic amines is 1. The summed E-state index contributed by atoms with van der Waals surface area (Å²) in [5.74, 6) is -0.269. The Morgan fingerprint density at radius 3 is 2.75 bits per heavy atom. The molecule has 2 aromatic rings. The molecular weight excluding hydrogens is 322 g/mol. The largest absolute Gasteiger partial charge is 0.361 e.